The fourth-order valence-corrected chi connectivity index (χ4v) is 6.85. The molecule has 0 saturated carbocycles. The Hall–Kier alpha value is -3.97. The van der Waals surface area contributed by atoms with Gasteiger partial charge in [-0.1, -0.05) is 48.5 Å². The van der Waals surface area contributed by atoms with Gasteiger partial charge >= 0.3 is 5.97 Å². The molecule has 2 atom stereocenters. The summed E-state index contributed by atoms with van der Waals surface area (Å²) in [5.41, 5.74) is 5.42. The Morgan fingerprint density at radius 3 is 1.75 bits per heavy atom. The van der Waals surface area contributed by atoms with Crippen LogP contribution in [0.5, 0.6) is 0 Å². The highest BCUT2D eigenvalue weighted by atomic mass is 16.5. The number of carbonyl (C=O) groups excluding carboxylic acids is 2. The fourth-order valence-electron chi connectivity index (χ4n) is 6.85. The van der Waals surface area contributed by atoms with Crippen molar-refractivity contribution in [3.63, 3.8) is 0 Å². The van der Waals surface area contributed by atoms with Crippen LogP contribution in [0.1, 0.15) is 44.4 Å². The van der Waals surface area contributed by atoms with Crippen molar-refractivity contribution in [3.05, 3.63) is 94.5 Å². The molecule has 0 radical (unpaired) electrons. The smallest absolute Gasteiger partial charge is 0.337 e. The lowest BCUT2D eigenvalue weighted by Gasteiger charge is -2.45. The molecule has 2 saturated heterocycles. The average Bonchev–Trinajstić information content (AvgIpc) is 3.19. The Morgan fingerprint density at radius 2 is 1.28 bits per heavy atom. The van der Waals surface area contributed by atoms with Gasteiger partial charge < -0.3 is 14.7 Å². The molecule has 3 aliphatic carbocycles. The Labute approximate surface area is 207 Å². The summed E-state index contributed by atoms with van der Waals surface area (Å²) in [6, 6.07) is 21.1. The fraction of sp³-hybridized carbons (Fsp3) is 0.276. The number of morpholine rings is 1. The van der Waals surface area contributed by atoms with E-state index in [9.17, 15) is 19.5 Å². The van der Waals surface area contributed by atoms with Crippen LogP contribution < -0.4 is 9.80 Å². The first-order valence-electron chi connectivity index (χ1n) is 12.3. The predicted octanol–water partition coefficient (Wildman–Crippen LogP) is 3.62. The maximum atomic E-state index is 14.0. The van der Waals surface area contributed by atoms with E-state index in [1.807, 2.05) is 29.2 Å². The number of rotatable bonds is 3. The molecular weight excluding hydrogens is 456 g/mol. The van der Waals surface area contributed by atoms with Crippen molar-refractivity contribution < 1.29 is 24.2 Å². The molecular formula is C29H24N2O5. The van der Waals surface area contributed by atoms with Crippen LogP contribution in [0.2, 0.25) is 0 Å². The number of hydrogen-bond donors (Lipinski definition) is 1. The molecule has 0 unspecified atom stereocenters. The third-order valence-electron chi connectivity index (χ3n) is 8.27. The minimum absolute atomic E-state index is 0.0828. The minimum Gasteiger partial charge on any atom is -0.478 e. The molecule has 0 aromatic heterocycles. The van der Waals surface area contributed by atoms with E-state index in [1.54, 1.807) is 12.1 Å². The second-order valence-electron chi connectivity index (χ2n) is 9.88. The Morgan fingerprint density at radius 1 is 0.778 bits per heavy atom. The molecule has 2 heterocycles. The molecule has 8 rings (SSSR count). The van der Waals surface area contributed by atoms with Crippen LogP contribution >= 0.6 is 0 Å². The first-order chi connectivity index (χ1) is 17.6. The van der Waals surface area contributed by atoms with E-state index >= 15 is 0 Å². The van der Waals surface area contributed by atoms with Gasteiger partial charge in [0.1, 0.15) is 0 Å². The zero-order chi connectivity index (χ0) is 24.6. The van der Waals surface area contributed by atoms with Gasteiger partial charge in [-0.05, 0) is 40.5 Å². The van der Waals surface area contributed by atoms with Crippen molar-refractivity contribution in [2.75, 3.05) is 36.1 Å². The number of nitrogens with zero attached hydrogens (tertiary/aromatic N) is 2. The number of carbonyl (C=O) groups is 3. The van der Waals surface area contributed by atoms with E-state index in [-0.39, 0.29) is 29.2 Å². The third kappa shape index (κ3) is 2.80. The Kier molecular flexibility index (Phi) is 4.60. The SMILES string of the molecule is O=C(O)c1cc(N2C(=O)[C@@H]3C4c5ccccc5C(c5ccccc54)[C@H]3C2=O)ccc1N1CCOCC1. The summed E-state index contributed by atoms with van der Waals surface area (Å²) in [6.45, 7) is 2.23. The van der Waals surface area contributed by atoms with E-state index < -0.39 is 17.8 Å². The van der Waals surface area contributed by atoms with Crippen LogP contribution in [0.25, 0.3) is 0 Å². The van der Waals surface area contributed by atoms with Gasteiger partial charge in [-0.2, -0.15) is 0 Å². The zero-order valence-electron chi connectivity index (χ0n) is 19.5. The number of ether oxygens (including phenoxy) is 1. The quantitative estimate of drug-likeness (QED) is 0.577. The molecule has 1 N–H and O–H groups in total. The average molecular weight is 481 g/mol. The van der Waals surface area contributed by atoms with Crippen LogP contribution in [0, 0.1) is 11.8 Å². The van der Waals surface area contributed by atoms with E-state index in [0.29, 0.717) is 37.7 Å². The topological polar surface area (TPSA) is 87.2 Å². The molecule has 0 spiro atoms. The monoisotopic (exact) mass is 480 g/mol. The van der Waals surface area contributed by atoms with Gasteiger partial charge in [0, 0.05) is 24.9 Å². The van der Waals surface area contributed by atoms with Crippen LogP contribution in [0.3, 0.4) is 0 Å². The van der Waals surface area contributed by atoms with Gasteiger partial charge in [0.2, 0.25) is 11.8 Å². The summed E-state index contributed by atoms with van der Waals surface area (Å²) < 4.78 is 5.40. The number of imide groups is 1. The maximum Gasteiger partial charge on any atom is 0.337 e. The van der Waals surface area contributed by atoms with E-state index in [4.69, 9.17) is 4.74 Å². The molecule has 3 aromatic rings. The predicted molar refractivity (Wildman–Crippen MR) is 132 cm³/mol. The summed E-state index contributed by atoms with van der Waals surface area (Å²) in [7, 11) is 0. The van der Waals surface area contributed by atoms with Crippen molar-refractivity contribution in [1.29, 1.82) is 0 Å². The molecule has 7 heteroatoms. The summed E-state index contributed by atoms with van der Waals surface area (Å²) in [6.07, 6.45) is 0. The van der Waals surface area contributed by atoms with Crippen LogP contribution in [0.4, 0.5) is 11.4 Å². The normalized spacial score (nSPS) is 26.0. The van der Waals surface area contributed by atoms with Crippen LogP contribution in [-0.4, -0.2) is 49.2 Å². The number of anilines is 2. The van der Waals surface area contributed by atoms with Gasteiger partial charge in [0.05, 0.1) is 42.0 Å². The van der Waals surface area contributed by atoms with Gasteiger partial charge in [-0.25, -0.2) is 9.69 Å². The molecule has 7 nitrogen and oxygen atoms in total. The lowest BCUT2D eigenvalue weighted by Crippen LogP contribution is -2.41. The number of carboxylic acids is 1. The lowest BCUT2D eigenvalue weighted by atomic mass is 9.55. The molecule has 5 aliphatic rings. The van der Waals surface area contributed by atoms with Crippen molar-refractivity contribution in [2.45, 2.75) is 11.8 Å². The van der Waals surface area contributed by atoms with Gasteiger partial charge in [0.25, 0.3) is 0 Å². The van der Waals surface area contributed by atoms with Crippen molar-refractivity contribution in [3.8, 4) is 0 Å². The Bertz CT molecular complexity index is 1330. The Balaban J connectivity index is 1.33. The van der Waals surface area contributed by atoms with Crippen molar-refractivity contribution in [2.24, 2.45) is 11.8 Å². The van der Waals surface area contributed by atoms with Gasteiger partial charge in [-0.15, -0.1) is 0 Å². The van der Waals surface area contributed by atoms with Crippen LogP contribution in [0.15, 0.2) is 66.7 Å². The summed E-state index contributed by atoms with van der Waals surface area (Å²) in [4.78, 5) is 43.3. The molecule has 2 aliphatic heterocycles. The highest BCUT2D eigenvalue weighted by Gasteiger charge is 2.61. The van der Waals surface area contributed by atoms with E-state index in [2.05, 4.69) is 24.3 Å². The molecule has 180 valence electrons. The number of benzene rings is 3. The number of hydrogen-bond acceptors (Lipinski definition) is 5. The second-order valence-corrected chi connectivity index (χ2v) is 9.88. The molecule has 2 amide bonds. The summed E-state index contributed by atoms with van der Waals surface area (Å²) >= 11 is 0. The second kappa shape index (κ2) is 7.77. The highest BCUT2D eigenvalue weighted by Crippen LogP contribution is 2.61. The van der Waals surface area contributed by atoms with Crippen molar-refractivity contribution >= 4 is 29.2 Å². The minimum atomic E-state index is -1.09. The van der Waals surface area contributed by atoms with Crippen LogP contribution in [-0.2, 0) is 14.3 Å². The molecule has 2 bridgehead atoms. The standard InChI is InChI=1S/C29H24N2O5/c32-27-25-23-17-5-1-2-6-18(17)24(20-8-4-3-7-19(20)23)26(25)28(33)31(27)16-9-10-22(21(15-16)29(34)35)30-11-13-36-14-12-30/h1-10,15,23-26H,11-14H2,(H,34,35)/t23?,24?,25-,26-/m1/s1. The van der Waals surface area contributed by atoms with Gasteiger partial charge in [-0.3, -0.25) is 9.59 Å². The molecule has 3 aromatic carbocycles. The number of carboxylic acid groups (broad SMARTS) is 1. The summed E-state index contributed by atoms with van der Waals surface area (Å²) in [5.74, 6) is -2.98. The lowest BCUT2D eigenvalue weighted by molar-refractivity contribution is -0.122. The van der Waals surface area contributed by atoms with Gasteiger partial charge in [0.15, 0.2) is 0 Å². The van der Waals surface area contributed by atoms with Crippen molar-refractivity contribution in [1.82, 2.24) is 0 Å². The first-order valence-corrected chi connectivity index (χ1v) is 12.3. The van der Waals surface area contributed by atoms with E-state index in [1.165, 1.54) is 11.0 Å². The highest BCUT2D eigenvalue weighted by molar-refractivity contribution is 6.23. The third-order valence-corrected chi connectivity index (χ3v) is 8.27. The molecule has 2 fully saturated rings. The molecule has 36 heavy (non-hydrogen) atoms. The first kappa shape index (κ1) is 21.3. The number of amides is 2. The number of aromatic carboxylic acids is 1. The summed E-state index contributed by atoms with van der Waals surface area (Å²) in [5, 5.41) is 9.99. The van der Waals surface area contributed by atoms with E-state index in [0.717, 1.165) is 22.3 Å². The maximum absolute atomic E-state index is 14.0. The zero-order valence-corrected chi connectivity index (χ0v) is 19.5. The largest absolute Gasteiger partial charge is 0.478 e.